The van der Waals surface area contributed by atoms with Crippen LogP contribution in [-0.2, 0) is 6.54 Å². The van der Waals surface area contributed by atoms with Crippen molar-refractivity contribution in [3.63, 3.8) is 0 Å². The van der Waals surface area contributed by atoms with Crippen molar-refractivity contribution in [1.29, 1.82) is 0 Å². The molecule has 8 heteroatoms. The van der Waals surface area contributed by atoms with Gasteiger partial charge in [-0.2, -0.15) is 14.6 Å². The maximum absolute atomic E-state index is 6.33. The van der Waals surface area contributed by atoms with E-state index in [0.717, 1.165) is 23.5 Å². The quantitative estimate of drug-likeness (QED) is 0.786. The van der Waals surface area contributed by atoms with Gasteiger partial charge in [-0.15, -0.1) is 0 Å². The maximum Gasteiger partial charge on any atom is 0.254 e. The highest BCUT2D eigenvalue weighted by molar-refractivity contribution is 6.32. The summed E-state index contributed by atoms with van der Waals surface area (Å²) in [5.41, 5.74) is 1.86. The highest BCUT2D eigenvalue weighted by Gasteiger charge is 2.16. The SMILES string of the molecule is Cc1cc(NCc2cc(Cl)c3c(c2)OCCCO3)n2ncnc2n1. The molecule has 1 N–H and O–H groups in total. The number of rotatable bonds is 3. The van der Waals surface area contributed by atoms with Gasteiger partial charge in [0.2, 0.25) is 0 Å². The van der Waals surface area contributed by atoms with Crippen LogP contribution in [0.25, 0.3) is 5.78 Å². The molecule has 1 aliphatic heterocycles. The lowest BCUT2D eigenvalue weighted by molar-refractivity contribution is 0.297. The third-order valence-electron chi connectivity index (χ3n) is 3.72. The highest BCUT2D eigenvalue weighted by atomic mass is 35.5. The van der Waals surface area contributed by atoms with E-state index in [4.69, 9.17) is 21.1 Å². The van der Waals surface area contributed by atoms with Crippen LogP contribution in [0.4, 0.5) is 5.82 Å². The molecule has 4 rings (SSSR count). The molecular weight excluding hydrogens is 330 g/mol. The Hall–Kier alpha value is -2.54. The lowest BCUT2D eigenvalue weighted by Crippen LogP contribution is -2.07. The first-order valence-electron chi connectivity index (χ1n) is 7.70. The summed E-state index contributed by atoms with van der Waals surface area (Å²) in [5, 5.41) is 8.09. The fourth-order valence-electron chi connectivity index (χ4n) is 2.64. The molecule has 0 radical (unpaired) electrons. The van der Waals surface area contributed by atoms with Gasteiger partial charge in [-0.3, -0.25) is 0 Å². The molecule has 0 aliphatic carbocycles. The Morgan fingerprint density at radius 1 is 1.25 bits per heavy atom. The second kappa shape index (κ2) is 6.16. The zero-order chi connectivity index (χ0) is 16.5. The van der Waals surface area contributed by atoms with Crippen LogP contribution >= 0.6 is 11.6 Å². The van der Waals surface area contributed by atoms with Crippen LogP contribution in [0.1, 0.15) is 17.7 Å². The molecule has 1 aromatic carbocycles. The first-order chi connectivity index (χ1) is 11.7. The first-order valence-corrected chi connectivity index (χ1v) is 8.08. The molecule has 0 saturated heterocycles. The van der Waals surface area contributed by atoms with Crippen molar-refractivity contribution in [3.8, 4) is 11.5 Å². The van der Waals surface area contributed by atoms with Crippen molar-refractivity contribution in [3.05, 3.63) is 40.8 Å². The standard InChI is InChI=1S/C16H16ClN5O2/c1-10-5-14(22-16(21-10)19-9-20-22)18-8-11-6-12(17)15-13(7-11)23-3-2-4-24-15/h5-7,9,18H,2-4,8H2,1H3. The fourth-order valence-corrected chi connectivity index (χ4v) is 2.92. The fraction of sp³-hybridized carbons (Fsp3) is 0.312. The van der Waals surface area contributed by atoms with Gasteiger partial charge in [0.1, 0.15) is 12.1 Å². The summed E-state index contributed by atoms with van der Waals surface area (Å²) in [6, 6.07) is 5.76. The lowest BCUT2D eigenvalue weighted by atomic mass is 10.2. The van der Waals surface area contributed by atoms with Gasteiger partial charge < -0.3 is 14.8 Å². The molecule has 0 fully saturated rings. The van der Waals surface area contributed by atoms with E-state index in [1.165, 1.54) is 6.33 Å². The summed E-state index contributed by atoms with van der Waals surface area (Å²) >= 11 is 6.33. The molecule has 3 heterocycles. The first kappa shape index (κ1) is 15.0. The number of benzene rings is 1. The Bertz CT molecular complexity index is 896. The second-order valence-electron chi connectivity index (χ2n) is 5.56. The van der Waals surface area contributed by atoms with E-state index in [9.17, 15) is 0 Å². The summed E-state index contributed by atoms with van der Waals surface area (Å²) in [4.78, 5) is 8.45. The van der Waals surface area contributed by atoms with Gasteiger partial charge in [-0.05, 0) is 24.6 Å². The van der Waals surface area contributed by atoms with Gasteiger partial charge in [-0.1, -0.05) is 11.6 Å². The Morgan fingerprint density at radius 3 is 3.04 bits per heavy atom. The van der Waals surface area contributed by atoms with Crippen LogP contribution in [0.5, 0.6) is 11.5 Å². The number of nitrogens with one attached hydrogen (secondary N) is 1. The molecule has 3 aromatic rings. The smallest absolute Gasteiger partial charge is 0.254 e. The van der Waals surface area contributed by atoms with Crippen LogP contribution in [0.3, 0.4) is 0 Å². The molecule has 2 aromatic heterocycles. The van der Waals surface area contributed by atoms with Gasteiger partial charge in [-0.25, -0.2) is 4.98 Å². The van der Waals surface area contributed by atoms with E-state index in [1.54, 1.807) is 4.52 Å². The minimum Gasteiger partial charge on any atom is -0.489 e. The summed E-state index contributed by atoms with van der Waals surface area (Å²) in [6.45, 7) is 3.73. The zero-order valence-electron chi connectivity index (χ0n) is 13.1. The number of hydrogen-bond donors (Lipinski definition) is 1. The monoisotopic (exact) mass is 345 g/mol. The molecule has 0 atom stereocenters. The largest absolute Gasteiger partial charge is 0.489 e. The third-order valence-corrected chi connectivity index (χ3v) is 4.00. The van der Waals surface area contributed by atoms with Gasteiger partial charge >= 0.3 is 0 Å². The minimum atomic E-state index is 0.558. The van der Waals surface area contributed by atoms with E-state index in [1.807, 2.05) is 25.1 Å². The second-order valence-corrected chi connectivity index (χ2v) is 5.97. The Balaban J connectivity index is 1.60. The predicted octanol–water partition coefficient (Wildman–Crippen LogP) is 2.86. The Labute approximate surface area is 143 Å². The highest BCUT2D eigenvalue weighted by Crippen LogP contribution is 2.38. The van der Waals surface area contributed by atoms with Gasteiger partial charge in [0.05, 0.1) is 18.2 Å². The zero-order valence-corrected chi connectivity index (χ0v) is 13.9. The van der Waals surface area contributed by atoms with Crippen molar-refractivity contribution in [2.75, 3.05) is 18.5 Å². The topological polar surface area (TPSA) is 73.6 Å². The van der Waals surface area contributed by atoms with Crippen LogP contribution in [-0.4, -0.2) is 32.8 Å². The lowest BCUT2D eigenvalue weighted by Gasteiger charge is -2.13. The number of nitrogens with zero attached hydrogens (tertiary/aromatic N) is 4. The molecule has 124 valence electrons. The molecule has 0 spiro atoms. The van der Waals surface area contributed by atoms with Gasteiger partial charge in [0.15, 0.2) is 11.5 Å². The summed E-state index contributed by atoms with van der Waals surface area (Å²) < 4.78 is 13.0. The molecule has 7 nitrogen and oxygen atoms in total. The number of hydrogen-bond acceptors (Lipinski definition) is 6. The average molecular weight is 346 g/mol. The molecule has 0 saturated carbocycles. The van der Waals surface area contributed by atoms with Gasteiger partial charge in [0, 0.05) is 24.7 Å². The van der Waals surface area contributed by atoms with Crippen LogP contribution in [0, 0.1) is 6.92 Å². The number of aromatic nitrogens is 4. The molecule has 0 bridgehead atoms. The van der Waals surface area contributed by atoms with E-state index in [0.29, 0.717) is 42.1 Å². The van der Waals surface area contributed by atoms with Crippen molar-refractivity contribution < 1.29 is 9.47 Å². The summed E-state index contributed by atoms with van der Waals surface area (Å²) in [5.74, 6) is 2.69. The maximum atomic E-state index is 6.33. The summed E-state index contributed by atoms with van der Waals surface area (Å²) in [6.07, 6.45) is 2.33. The number of aryl methyl sites for hydroxylation is 1. The minimum absolute atomic E-state index is 0.558. The molecule has 1 aliphatic rings. The normalized spacial score (nSPS) is 13.8. The van der Waals surface area contributed by atoms with E-state index < -0.39 is 0 Å². The number of halogens is 1. The van der Waals surface area contributed by atoms with Crippen molar-refractivity contribution in [1.82, 2.24) is 19.6 Å². The van der Waals surface area contributed by atoms with Gasteiger partial charge in [0.25, 0.3) is 5.78 Å². The Morgan fingerprint density at radius 2 is 2.12 bits per heavy atom. The summed E-state index contributed by atoms with van der Waals surface area (Å²) in [7, 11) is 0. The van der Waals surface area contributed by atoms with Crippen molar-refractivity contribution >= 4 is 23.2 Å². The molecule has 0 amide bonds. The van der Waals surface area contributed by atoms with Crippen LogP contribution in [0.2, 0.25) is 5.02 Å². The average Bonchev–Trinajstić information content (AvgIpc) is 2.89. The van der Waals surface area contributed by atoms with Crippen LogP contribution < -0.4 is 14.8 Å². The molecule has 0 unspecified atom stereocenters. The number of fused-ring (bicyclic) bond motifs is 2. The van der Waals surface area contributed by atoms with E-state index in [-0.39, 0.29) is 0 Å². The number of anilines is 1. The molecule has 24 heavy (non-hydrogen) atoms. The van der Waals surface area contributed by atoms with Crippen molar-refractivity contribution in [2.45, 2.75) is 19.9 Å². The predicted molar refractivity (Wildman–Crippen MR) is 89.9 cm³/mol. The van der Waals surface area contributed by atoms with E-state index >= 15 is 0 Å². The number of ether oxygens (including phenoxy) is 2. The Kier molecular flexibility index (Phi) is 3.86. The molecular formula is C16H16ClN5O2. The third kappa shape index (κ3) is 2.82. The van der Waals surface area contributed by atoms with Crippen molar-refractivity contribution in [2.24, 2.45) is 0 Å². The van der Waals surface area contributed by atoms with Crippen LogP contribution in [0.15, 0.2) is 24.5 Å². The van der Waals surface area contributed by atoms with E-state index in [2.05, 4.69) is 20.4 Å².